The highest BCUT2D eigenvalue weighted by Gasteiger charge is 2.19. The van der Waals surface area contributed by atoms with Gasteiger partial charge in [-0.05, 0) is 77.9 Å². The molecule has 0 aliphatic heterocycles. The summed E-state index contributed by atoms with van der Waals surface area (Å²) < 4.78 is 11.4. The normalized spacial score (nSPS) is 11.8. The molecular weight excluding hydrogens is 771 g/mol. The molecule has 0 amide bonds. The van der Waals surface area contributed by atoms with Gasteiger partial charge in [0.2, 0.25) is 0 Å². The van der Waals surface area contributed by atoms with Gasteiger partial charge in [-0.1, -0.05) is 140 Å². The van der Waals surface area contributed by atoms with Crippen molar-refractivity contribution in [2.75, 3.05) is 0 Å². The van der Waals surface area contributed by atoms with E-state index in [0.29, 0.717) is 17.5 Å². The van der Waals surface area contributed by atoms with Crippen LogP contribution in [-0.2, 0) is 0 Å². The molecule has 0 bridgehead atoms. The Labute approximate surface area is 361 Å². The summed E-state index contributed by atoms with van der Waals surface area (Å²) in [6.45, 7) is 0. The number of hydrogen-bond donors (Lipinski definition) is 0. The smallest absolute Gasteiger partial charge is 0.164 e. The fraction of sp³-hybridized carbons (Fsp3) is 0. The van der Waals surface area contributed by atoms with Crippen molar-refractivity contribution < 1.29 is 4.42 Å². The molecule has 0 atom stereocenters. The van der Waals surface area contributed by atoms with E-state index in [1.54, 1.807) is 0 Å². The SMILES string of the molecule is c1ccc(-c2nc(-c3ccccc3)nc(-c3ccc4c(c3)oc3cc(-n5c6ccccc6c6cc(-c7ccc8c9ccccc9n(-c9ccccc9)c8c7)ccc65)ccc34)n2)cc1. The van der Waals surface area contributed by atoms with Crippen LogP contribution in [0.25, 0.3) is 122 Å². The van der Waals surface area contributed by atoms with Gasteiger partial charge in [-0.3, -0.25) is 0 Å². The first kappa shape index (κ1) is 35.2. The van der Waals surface area contributed by atoms with E-state index in [1.807, 2.05) is 66.7 Å². The minimum absolute atomic E-state index is 0.592. The Morgan fingerprint density at radius 1 is 0.270 bits per heavy atom. The molecule has 0 radical (unpaired) electrons. The van der Waals surface area contributed by atoms with Crippen LogP contribution in [0.3, 0.4) is 0 Å². The Morgan fingerprint density at radius 3 is 1.41 bits per heavy atom. The number of rotatable bonds is 6. The molecule has 0 spiro atoms. The summed E-state index contributed by atoms with van der Waals surface area (Å²) in [5.41, 5.74) is 13.5. The molecule has 13 rings (SSSR count). The number of nitrogens with zero attached hydrogens (tertiary/aromatic N) is 5. The molecule has 0 aliphatic rings. The van der Waals surface area contributed by atoms with Crippen molar-refractivity contribution in [2.24, 2.45) is 0 Å². The van der Waals surface area contributed by atoms with E-state index in [0.717, 1.165) is 61.0 Å². The summed E-state index contributed by atoms with van der Waals surface area (Å²) in [7, 11) is 0. The second-order valence-electron chi connectivity index (χ2n) is 16.0. The van der Waals surface area contributed by atoms with E-state index < -0.39 is 0 Å². The molecule has 0 saturated heterocycles. The van der Waals surface area contributed by atoms with E-state index in [1.165, 1.54) is 43.7 Å². The van der Waals surface area contributed by atoms with Crippen LogP contribution in [0, 0.1) is 0 Å². The zero-order valence-corrected chi connectivity index (χ0v) is 33.9. The van der Waals surface area contributed by atoms with Crippen molar-refractivity contribution in [2.45, 2.75) is 0 Å². The quantitative estimate of drug-likeness (QED) is 0.168. The summed E-state index contributed by atoms with van der Waals surface area (Å²) in [6, 6.07) is 74.6. The molecular formula is C57H35N5O. The number of hydrogen-bond acceptors (Lipinski definition) is 4. The topological polar surface area (TPSA) is 61.7 Å². The van der Waals surface area contributed by atoms with Gasteiger partial charge in [0.1, 0.15) is 11.2 Å². The van der Waals surface area contributed by atoms with E-state index in [2.05, 4.69) is 155 Å². The van der Waals surface area contributed by atoms with Crippen molar-refractivity contribution in [3.8, 4) is 56.7 Å². The Hall–Kier alpha value is -8.61. The lowest BCUT2D eigenvalue weighted by Gasteiger charge is -2.10. The Bertz CT molecular complexity index is 3850. The van der Waals surface area contributed by atoms with Gasteiger partial charge >= 0.3 is 0 Å². The first-order valence-electron chi connectivity index (χ1n) is 21.2. The second-order valence-corrected chi connectivity index (χ2v) is 16.0. The third-order valence-corrected chi connectivity index (χ3v) is 12.4. The van der Waals surface area contributed by atoms with Gasteiger partial charge in [-0.15, -0.1) is 0 Å². The van der Waals surface area contributed by atoms with Gasteiger partial charge in [-0.2, -0.15) is 0 Å². The summed E-state index contributed by atoms with van der Waals surface area (Å²) in [4.78, 5) is 14.8. The Balaban J connectivity index is 0.916. The molecule has 63 heavy (non-hydrogen) atoms. The predicted octanol–water partition coefficient (Wildman–Crippen LogP) is 14.6. The van der Waals surface area contributed by atoms with Gasteiger partial charge in [0.25, 0.3) is 0 Å². The molecule has 9 aromatic carbocycles. The number of fused-ring (bicyclic) bond motifs is 9. The van der Waals surface area contributed by atoms with E-state index in [9.17, 15) is 0 Å². The molecule has 0 unspecified atom stereocenters. The van der Waals surface area contributed by atoms with Crippen LogP contribution in [0.5, 0.6) is 0 Å². The third-order valence-electron chi connectivity index (χ3n) is 12.4. The number of para-hydroxylation sites is 3. The van der Waals surface area contributed by atoms with Gasteiger partial charge in [0.15, 0.2) is 17.5 Å². The molecule has 4 aromatic heterocycles. The maximum Gasteiger partial charge on any atom is 0.164 e. The van der Waals surface area contributed by atoms with Crippen LogP contribution in [-0.4, -0.2) is 24.1 Å². The highest BCUT2D eigenvalue weighted by atomic mass is 16.3. The second kappa shape index (κ2) is 14.0. The summed E-state index contributed by atoms with van der Waals surface area (Å²) in [6.07, 6.45) is 0. The lowest BCUT2D eigenvalue weighted by atomic mass is 10.0. The first-order valence-corrected chi connectivity index (χ1v) is 21.2. The molecule has 4 heterocycles. The van der Waals surface area contributed by atoms with Crippen molar-refractivity contribution in [1.82, 2.24) is 24.1 Å². The minimum Gasteiger partial charge on any atom is -0.456 e. The summed E-state index contributed by atoms with van der Waals surface area (Å²) >= 11 is 0. The summed E-state index contributed by atoms with van der Waals surface area (Å²) in [5.74, 6) is 1.84. The van der Waals surface area contributed by atoms with E-state index in [-0.39, 0.29) is 0 Å². The predicted molar refractivity (Wildman–Crippen MR) is 258 cm³/mol. The first-order chi connectivity index (χ1) is 31.2. The Kier molecular flexibility index (Phi) is 7.80. The fourth-order valence-electron chi connectivity index (χ4n) is 9.42. The van der Waals surface area contributed by atoms with Crippen molar-refractivity contribution >= 4 is 65.6 Å². The lowest BCUT2D eigenvalue weighted by Crippen LogP contribution is -2.00. The van der Waals surface area contributed by atoms with Crippen LogP contribution < -0.4 is 0 Å². The lowest BCUT2D eigenvalue weighted by molar-refractivity contribution is 0.668. The highest BCUT2D eigenvalue weighted by molar-refractivity contribution is 6.13. The maximum absolute atomic E-state index is 6.70. The monoisotopic (exact) mass is 805 g/mol. The average Bonchev–Trinajstić information content (AvgIpc) is 4.01. The molecule has 0 saturated carbocycles. The van der Waals surface area contributed by atoms with Gasteiger partial charge < -0.3 is 13.6 Å². The van der Waals surface area contributed by atoms with Crippen molar-refractivity contribution in [1.29, 1.82) is 0 Å². The largest absolute Gasteiger partial charge is 0.456 e. The third kappa shape index (κ3) is 5.69. The number of benzene rings is 9. The fourth-order valence-corrected chi connectivity index (χ4v) is 9.42. The molecule has 13 aromatic rings. The highest BCUT2D eigenvalue weighted by Crippen LogP contribution is 2.40. The molecule has 0 fully saturated rings. The molecule has 0 N–H and O–H groups in total. The zero-order valence-electron chi connectivity index (χ0n) is 33.9. The number of furan rings is 1. The maximum atomic E-state index is 6.70. The summed E-state index contributed by atoms with van der Waals surface area (Å²) in [5, 5.41) is 6.98. The molecule has 6 heteroatoms. The van der Waals surface area contributed by atoms with Crippen LogP contribution in [0.15, 0.2) is 217 Å². The van der Waals surface area contributed by atoms with Crippen LogP contribution in [0.4, 0.5) is 0 Å². The van der Waals surface area contributed by atoms with Crippen LogP contribution in [0.2, 0.25) is 0 Å². The zero-order chi connectivity index (χ0) is 41.4. The van der Waals surface area contributed by atoms with Crippen molar-refractivity contribution in [3.05, 3.63) is 212 Å². The van der Waals surface area contributed by atoms with E-state index in [4.69, 9.17) is 19.4 Å². The van der Waals surface area contributed by atoms with Crippen molar-refractivity contribution in [3.63, 3.8) is 0 Å². The van der Waals surface area contributed by atoms with Crippen LogP contribution >= 0.6 is 0 Å². The number of aromatic nitrogens is 5. The van der Waals surface area contributed by atoms with E-state index >= 15 is 0 Å². The van der Waals surface area contributed by atoms with Gasteiger partial charge in [0, 0.05) is 66.4 Å². The Morgan fingerprint density at radius 2 is 0.730 bits per heavy atom. The average molecular weight is 806 g/mol. The van der Waals surface area contributed by atoms with Crippen LogP contribution in [0.1, 0.15) is 0 Å². The molecule has 0 aliphatic carbocycles. The van der Waals surface area contributed by atoms with Gasteiger partial charge in [-0.25, -0.2) is 15.0 Å². The molecule has 294 valence electrons. The van der Waals surface area contributed by atoms with Gasteiger partial charge in [0.05, 0.1) is 22.1 Å². The minimum atomic E-state index is 0.592. The standard InChI is InChI=1S/C57H35N5O/c1-4-14-36(15-5-1)55-58-56(37-16-6-2-7-17-37)60-57(59-55)40-25-29-46-47-30-27-42(35-54(47)63-53(46)34-40)62-50-23-13-11-21-44(50)48-32-38(26-31-51(48)62)39-24-28-45-43-20-10-12-22-49(43)61(52(45)33-39)41-18-8-3-9-19-41/h1-35H. The molecule has 6 nitrogen and oxygen atoms in total.